The molecule has 0 aromatic heterocycles. The summed E-state index contributed by atoms with van der Waals surface area (Å²) in [5.41, 5.74) is 3.05. The summed E-state index contributed by atoms with van der Waals surface area (Å²) in [6.07, 6.45) is 0.715. The quantitative estimate of drug-likeness (QED) is 0.621. The average molecular weight is 349 g/mol. The van der Waals surface area contributed by atoms with Crippen molar-refractivity contribution in [3.05, 3.63) is 53.1 Å². The molecule has 1 amide bonds. The predicted molar refractivity (Wildman–Crippen MR) is 91.9 cm³/mol. The van der Waals surface area contributed by atoms with Gasteiger partial charge in [0.05, 0.1) is 13.3 Å². The molecule has 2 aromatic rings. The molecule has 0 heterocycles. The maximum Gasteiger partial charge on any atom is 0.280 e. The Kier molecular flexibility index (Phi) is 6.03. The van der Waals surface area contributed by atoms with Crippen molar-refractivity contribution < 1.29 is 19.4 Å². The van der Waals surface area contributed by atoms with Crippen LogP contribution in [0.1, 0.15) is 12.5 Å². The molecular weight excluding hydrogens is 332 g/mol. The molecule has 0 fully saturated rings. The third-order valence-corrected chi connectivity index (χ3v) is 3.34. The van der Waals surface area contributed by atoms with E-state index in [0.717, 1.165) is 0 Å². The van der Waals surface area contributed by atoms with Crippen molar-refractivity contribution in [1.29, 1.82) is 0 Å². The van der Waals surface area contributed by atoms with Crippen LogP contribution in [0.15, 0.2) is 47.6 Å². The van der Waals surface area contributed by atoms with E-state index in [1.807, 2.05) is 0 Å². The smallest absolute Gasteiger partial charge is 0.280 e. The predicted octanol–water partition coefficient (Wildman–Crippen LogP) is 2.97. The van der Waals surface area contributed by atoms with Crippen LogP contribution in [0.3, 0.4) is 0 Å². The van der Waals surface area contributed by atoms with Gasteiger partial charge in [-0.05, 0) is 55.0 Å². The van der Waals surface area contributed by atoms with Crippen LogP contribution in [-0.4, -0.2) is 30.4 Å². The number of carbonyl (C=O) groups is 1. The van der Waals surface area contributed by atoms with Gasteiger partial charge in [-0.25, -0.2) is 5.43 Å². The molecule has 24 heavy (non-hydrogen) atoms. The highest BCUT2D eigenvalue weighted by Gasteiger charge is 2.13. The first-order valence-electron chi connectivity index (χ1n) is 7.11. The van der Waals surface area contributed by atoms with E-state index < -0.39 is 12.0 Å². The minimum Gasteiger partial charge on any atom is -0.504 e. The second kappa shape index (κ2) is 8.21. The van der Waals surface area contributed by atoms with Gasteiger partial charge in [0.25, 0.3) is 5.91 Å². The van der Waals surface area contributed by atoms with Crippen molar-refractivity contribution >= 4 is 23.7 Å². The summed E-state index contributed by atoms with van der Waals surface area (Å²) in [4.78, 5) is 11.9. The van der Waals surface area contributed by atoms with E-state index in [4.69, 9.17) is 21.1 Å². The minimum atomic E-state index is -0.724. The number of hydrogen-bond donors (Lipinski definition) is 2. The first-order valence-corrected chi connectivity index (χ1v) is 7.49. The molecule has 6 nitrogen and oxygen atoms in total. The number of ether oxygens (including phenoxy) is 2. The zero-order valence-electron chi connectivity index (χ0n) is 13.2. The minimum absolute atomic E-state index is 0.0312. The molecule has 7 heteroatoms. The first kappa shape index (κ1) is 17.6. The lowest BCUT2D eigenvalue weighted by Gasteiger charge is -2.12. The van der Waals surface area contributed by atoms with Gasteiger partial charge in [-0.2, -0.15) is 5.10 Å². The van der Waals surface area contributed by atoms with E-state index >= 15 is 0 Å². The number of hydrazone groups is 1. The summed E-state index contributed by atoms with van der Waals surface area (Å²) in [7, 11) is 1.45. The van der Waals surface area contributed by atoms with E-state index in [0.29, 0.717) is 22.1 Å². The van der Waals surface area contributed by atoms with Gasteiger partial charge in [0.15, 0.2) is 17.6 Å². The summed E-state index contributed by atoms with van der Waals surface area (Å²) in [5.74, 6) is 0.495. The van der Waals surface area contributed by atoms with Crippen LogP contribution in [-0.2, 0) is 4.79 Å². The highest BCUT2D eigenvalue weighted by molar-refractivity contribution is 6.30. The number of rotatable bonds is 6. The summed E-state index contributed by atoms with van der Waals surface area (Å²) in [6, 6.07) is 11.4. The molecule has 0 aliphatic carbocycles. The zero-order valence-corrected chi connectivity index (χ0v) is 13.9. The topological polar surface area (TPSA) is 80.2 Å². The second-order valence-electron chi connectivity index (χ2n) is 4.88. The normalized spacial score (nSPS) is 12.0. The standard InChI is InChI=1S/C17H17ClN2O4/c1-11(24-14-6-4-13(18)5-7-14)17(22)20-19-10-12-3-8-15(21)16(9-12)23-2/h3-11,21H,1-2H3,(H,20,22)/b19-10-/t11-/m1/s1. The lowest BCUT2D eigenvalue weighted by molar-refractivity contribution is -0.127. The second-order valence-corrected chi connectivity index (χ2v) is 5.32. The summed E-state index contributed by atoms with van der Waals surface area (Å²) in [6.45, 7) is 1.61. The van der Waals surface area contributed by atoms with Crippen LogP contribution in [0.2, 0.25) is 5.02 Å². The van der Waals surface area contributed by atoms with Gasteiger partial charge in [0.1, 0.15) is 5.75 Å². The number of hydrogen-bond acceptors (Lipinski definition) is 5. The van der Waals surface area contributed by atoms with E-state index in [2.05, 4.69) is 10.5 Å². The number of benzene rings is 2. The van der Waals surface area contributed by atoms with Gasteiger partial charge in [-0.15, -0.1) is 0 Å². The number of methoxy groups -OCH3 is 1. The third kappa shape index (κ3) is 4.89. The summed E-state index contributed by atoms with van der Waals surface area (Å²) < 4.78 is 10.5. The molecule has 0 saturated carbocycles. The number of nitrogens with one attached hydrogen (secondary N) is 1. The van der Waals surface area contributed by atoms with E-state index in [9.17, 15) is 9.90 Å². The Hall–Kier alpha value is -2.73. The average Bonchev–Trinajstić information content (AvgIpc) is 2.58. The molecule has 126 valence electrons. The number of phenols is 1. The van der Waals surface area contributed by atoms with E-state index in [-0.39, 0.29) is 5.75 Å². The van der Waals surface area contributed by atoms with Crippen molar-refractivity contribution in [3.8, 4) is 17.2 Å². The van der Waals surface area contributed by atoms with Crippen molar-refractivity contribution in [3.63, 3.8) is 0 Å². The molecule has 0 radical (unpaired) electrons. The molecule has 2 aromatic carbocycles. The number of phenolic OH excluding ortho intramolecular Hbond substituents is 1. The Bertz CT molecular complexity index is 732. The van der Waals surface area contributed by atoms with E-state index in [1.165, 1.54) is 19.4 Å². The Labute approximate surface area is 144 Å². The maximum atomic E-state index is 11.9. The molecular formula is C17H17ClN2O4. The van der Waals surface area contributed by atoms with Crippen LogP contribution in [0, 0.1) is 0 Å². The van der Waals surface area contributed by atoms with Gasteiger partial charge in [-0.1, -0.05) is 11.6 Å². The number of aromatic hydroxyl groups is 1. The van der Waals surface area contributed by atoms with Gasteiger partial charge in [0, 0.05) is 5.02 Å². The van der Waals surface area contributed by atoms with Crippen LogP contribution in [0.5, 0.6) is 17.2 Å². The van der Waals surface area contributed by atoms with Gasteiger partial charge < -0.3 is 14.6 Å². The van der Waals surface area contributed by atoms with Crippen molar-refractivity contribution in [2.75, 3.05) is 7.11 Å². The number of carbonyl (C=O) groups excluding carboxylic acids is 1. The fraction of sp³-hybridized carbons (Fsp3) is 0.176. The first-order chi connectivity index (χ1) is 11.5. The molecule has 0 spiro atoms. The Morgan fingerprint density at radius 3 is 2.67 bits per heavy atom. The monoisotopic (exact) mass is 348 g/mol. The molecule has 2 N–H and O–H groups in total. The lowest BCUT2D eigenvalue weighted by Crippen LogP contribution is -2.33. The summed E-state index contributed by atoms with van der Waals surface area (Å²) >= 11 is 5.79. The fourth-order valence-electron chi connectivity index (χ4n) is 1.81. The largest absolute Gasteiger partial charge is 0.504 e. The van der Waals surface area contributed by atoms with Crippen LogP contribution < -0.4 is 14.9 Å². The molecule has 0 saturated heterocycles. The maximum absolute atomic E-state index is 11.9. The lowest BCUT2D eigenvalue weighted by atomic mass is 10.2. The van der Waals surface area contributed by atoms with Gasteiger partial charge in [0.2, 0.25) is 0 Å². The van der Waals surface area contributed by atoms with Crippen LogP contribution in [0.4, 0.5) is 0 Å². The number of amides is 1. The van der Waals surface area contributed by atoms with Crippen LogP contribution in [0.25, 0.3) is 0 Å². The van der Waals surface area contributed by atoms with Crippen molar-refractivity contribution in [2.45, 2.75) is 13.0 Å². The van der Waals surface area contributed by atoms with Crippen molar-refractivity contribution in [2.24, 2.45) is 5.10 Å². The summed E-state index contributed by atoms with van der Waals surface area (Å²) in [5, 5.41) is 14.0. The Balaban J connectivity index is 1.90. The highest BCUT2D eigenvalue weighted by Crippen LogP contribution is 2.25. The van der Waals surface area contributed by atoms with Crippen LogP contribution >= 0.6 is 11.6 Å². The fourth-order valence-corrected chi connectivity index (χ4v) is 1.93. The third-order valence-electron chi connectivity index (χ3n) is 3.09. The SMILES string of the molecule is COc1cc(/C=N\NC(=O)[C@@H](C)Oc2ccc(Cl)cc2)ccc1O. The molecule has 0 aliphatic heterocycles. The molecule has 0 aliphatic rings. The zero-order chi connectivity index (χ0) is 17.5. The van der Waals surface area contributed by atoms with E-state index in [1.54, 1.807) is 43.3 Å². The molecule has 2 rings (SSSR count). The highest BCUT2D eigenvalue weighted by atomic mass is 35.5. The van der Waals surface area contributed by atoms with Crippen molar-refractivity contribution in [1.82, 2.24) is 5.43 Å². The molecule has 0 unspecified atom stereocenters. The molecule has 0 bridgehead atoms. The number of halogens is 1. The Morgan fingerprint density at radius 2 is 2.00 bits per heavy atom. The van der Waals surface area contributed by atoms with Gasteiger partial charge >= 0.3 is 0 Å². The van der Waals surface area contributed by atoms with Gasteiger partial charge in [-0.3, -0.25) is 4.79 Å². The Morgan fingerprint density at radius 1 is 1.29 bits per heavy atom. The number of nitrogens with zero attached hydrogens (tertiary/aromatic N) is 1. The molecule has 1 atom stereocenters.